The van der Waals surface area contributed by atoms with Crippen LogP contribution in [0.25, 0.3) is 11.1 Å². The third kappa shape index (κ3) is 5.31. The lowest BCUT2D eigenvalue weighted by Crippen LogP contribution is -2.57. The van der Waals surface area contributed by atoms with Crippen molar-refractivity contribution in [3.8, 4) is 22.6 Å². The molecule has 3 aliphatic carbocycles. The fraction of sp³-hybridized carbons (Fsp3) is 0.412. The molecule has 1 unspecified atom stereocenters. The minimum absolute atomic E-state index is 0.0177. The number of rotatable bonds is 9. The van der Waals surface area contributed by atoms with Gasteiger partial charge in [-0.25, -0.2) is 0 Å². The lowest BCUT2D eigenvalue weighted by atomic mass is 9.60. The smallest absolute Gasteiger partial charge is 0.322 e. The van der Waals surface area contributed by atoms with Crippen molar-refractivity contribution in [3.63, 3.8) is 0 Å². The van der Waals surface area contributed by atoms with E-state index in [0.717, 1.165) is 5.56 Å². The molecule has 0 saturated carbocycles. The highest BCUT2D eigenvalue weighted by molar-refractivity contribution is 6.24. The highest BCUT2D eigenvalue weighted by Gasteiger charge is 2.59. The Morgan fingerprint density at radius 1 is 1.07 bits per heavy atom. The van der Waals surface area contributed by atoms with E-state index in [1.807, 2.05) is 26.0 Å². The van der Waals surface area contributed by atoms with Crippen LogP contribution in [0.15, 0.2) is 53.0 Å². The lowest BCUT2D eigenvalue weighted by molar-refractivity contribution is -0.144. The Morgan fingerprint density at radius 2 is 1.78 bits per heavy atom. The Balaban J connectivity index is 1.57. The van der Waals surface area contributed by atoms with Gasteiger partial charge in [0.1, 0.15) is 34.6 Å². The van der Waals surface area contributed by atoms with E-state index < -0.39 is 58.0 Å². The summed E-state index contributed by atoms with van der Waals surface area (Å²) in [6.45, 7) is 4.34. The Hall–Kier alpha value is -4.68. The number of aromatic hydroxyl groups is 1. The average Bonchev–Trinajstić information content (AvgIpc) is 3.00. The zero-order valence-corrected chi connectivity index (χ0v) is 26.0. The van der Waals surface area contributed by atoms with Crippen LogP contribution in [-0.2, 0) is 32.1 Å². The number of primary amides is 1. The molecule has 0 spiro atoms. The summed E-state index contributed by atoms with van der Waals surface area (Å²) in [7, 11) is 2.85. The molecule has 0 aromatic heterocycles. The highest BCUT2D eigenvalue weighted by atomic mass is 16.5. The number of methoxy groups -OCH3 is 2. The SMILES string of the molecule is COC(=O)C(CC(C)C)NCc1ccc(OC)c(-c2ccc(O)c3c2C[C@H]2C[C@H]4CC(O)=C(C(N)=O)C(=O)[C@@]4(O)C(O)=C2C3=O)c1. The molecule has 12 heteroatoms. The normalized spacial score (nSPS) is 23.1. The molecule has 12 nitrogen and oxygen atoms in total. The number of phenols is 1. The van der Waals surface area contributed by atoms with Crippen molar-refractivity contribution in [2.75, 3.05) is 14.2 Å². The van der Waals surface area contributed by atoms with Crippen LogP contribution in [-0.4, -0.2) is 69.7 Å². The van der Waals surface area contributed by atoms with Crippen molar-refractivity contribution in [1.29, 1.82) is 0 Å². The minimum atomic E-state index is -2.63. The summed E-state index contributed by atoms with van der Waals surface area (Å²) < 4.78 is 10.6. The standard InChI is InChI=1S/C34H38N2O10/c1-15(2)9-22(33(43)46-4)36-14-16-5-8-25(45-3)20(10-16)19-6-7-23(37)27-21(19)12-17-11-18-13-24(38)28(32(35)42)31(41)34(18,44)30(40)26(17)29(27)39/h5-8,10,15,17-18,22,36-38,40,44H,9,11-14H2,1-4H3,(H2,35,42)/t17-,18+,22?,34+/m1/s1. The second-order valence-electron chi connectivity index (χ2n) is 12.5. The molecule has 46 heavy (non-hydrogen) atoms. The fourth-order valence-corrected chi connectivity index (χ4v) is 7.06. The number of benzene rings is 2. The molecule has 2 aromatic rings. The van der Waals surface area contributed by atoms with E-state index in [9.17, 15) is 39.6 Å². The average molecular weight is 635 g/mol. The molecule has 1 amide bonds. The molecule has 3 aliphatic rings. The van der Waals surface area contributed by atoms with Crippen LogP contribution < -0.4 is 15.8 Å². The summed E-state index contributed by atoms with van der Waals surface area (Å²) in [6.07, 6.45) is 0.424. The number of phenolic OH excluding ortho intramolecular Hbond substituents is 1. The number of hydrogen-bond acceptors (Lipinski definition) is 11. The Kier molecular flexibility index (Phi) is 8.71. The van der Waals surface area contributed by atoms with Gasteiger partial charge in [-0.1, -0.05) is 26.0 Å². The number of aliphatic hydroxyl groups excluding tert-OH is 2. The molecule has 244 valence electrons. The summed E-state index contributed by atoms with van der Waals surface area (Å²) in [4.78, 5) is 51.5. The van der Waals surface area contributed by atoms with E-state index in [0.29, 0.717) is 35.4 Å². The molecular formula is C34H38N2O10. The van der Waals surface area contributed by atoms with Gasteiger partial charge in [0.05, 0.1) is 19.8 Å². The number of aliphatic hydroxyl groups is 3. The molecule has 0 saturated heterocycles. The van der Waals surface area contributed by atoms with Crippen LogP contribution in [0, 0.1) is 17.8 Å². The maximum absolute atomic E-state index is 14.0. The van der Waals surface area contributed by atoms with Gasteiger partial charge in [-0.3, -0.25) is 19.2 Å². The second-order valence-corrected chi connectivity index (χ2v) is 12.5. The van der Waals surface area contributed by atoms with Gasteiger partial charge in [-0.15, -0.1) is 0 Å². The molecular weight excluding hydrogens is 596 g/mol. The monoisotopic (exact) mass is 634 g/mol. The fourth-order valence-electron chi connectivity index (χ4n) is 7.06. The summed E-state index contributed by atoms with van der Waals surface area (Å²) in [6, 6.07) is 7.97. The van der Waals surface area contributed by atoms with Gasteiger partial charge in [0.2, 0.25) is 5.78 Å². The highest BCUT2D eigenvalue weighted by Crippen LogP contribution is 2.52. The van der Waals surface area contributed by atoms with Crippen LogP contribution in [0.1, 0.15) is 54.6 Å². The number of Topliss-reactive ketones (excluding diaryl/α,β-unsaturated/α-hetero) is 2. The van der Waals surface area contributed by atoms with E-state index in [-0.39, 0.29) is 48.0 Å². The molecule has 0 bridgehead atoms. The Bertz CT molecular complexity index is 1710. The van der Waals surface area contributed by atoms with Gasteiger partial charge < -0.3 is 41.0 Å². The lowest BCUT2D eigenvalue weighted by Gasteiger charge is -2.45. The van der Waals surface area contributed by atoms with Crippen molar-refractivity contribution in [2.24, 2.45) is 23.5 Å². The number of carbonyl (C=O) groups excluding carboxylic acids is 4. The molecule has 0 heterocycles. The number of ether oxygens (including phenoxy) is 2. The first kappa shape index (κ1) is 32.7. The van der Waals surface area contributed by atoms with Gasteiger partial charge in [0.25, 0.3) is 5.91 Å². The maximum Gasteiger partial charge on any atom is 0.322 e. The third-order valence-corrected chi connectivity index (χ3v) is 9.24. The summed E-state index contributed by atoms with van der Waals surface area (Å²) >= 11 is 0. The number of amides is 1. The van der Waals surface area contributed by atoms with E-state index in [1.54, 1.807) is 12.1 Å². The Labute approximate surface area is 265 Å². The first-order chi connectivity index (χ1) is 21.7. The van der Waals surface area contributed by atoms with Crippen molar-refractivity contribution >= 4 is 23.4 Å². The first-order valence-corrected chi connectivity index (χ1v) is 15.0. The van der Waals surface area contributed by atoms with Gasteiger partial charge in [0, 0.05) is 30.0 Å². The number of esters is 1. The summed E-state index contributed by atoms with van der Waals surface area (Å²) in [5, 5.41) is 47.4. The largest absolute Gasteiger partial charge is 0.511 e. The van der Waals surface area contributed by atoms with Gasteiger partial charge in [-0.05, 0) is 66.0 Å². The van der Waals surface area contributed by atoms with Crippen molar-refractivity contribution in [1.82, 2.24) is 5.32 Å². The number of carbonyl (C=O) groups is 4. The van der Waals surface area contributed by atoms with Gasteiger partial charge in [0.15, 0.2) is 11.4 Å². The molecule has 0 fully saturated rings. The molecule has 2 aromatic carbocycles. The van der Waals surface area contributed by atoms with Crippen molar-refractivity contribution in [3.05, 3.63) is 69.7 Å². The van der Waals surface area contributed by atoms with E-state index in [1.165, 1.54) is 20.3 Å². The van der Waals surface area contributed by atoms with Crippen LogP contribution in [0.4, 0.5) is 0 Å². The molecule has 5 rings (SSSR count). The maximum atomic E-state index is 14.0. The van der Waals surface area contributed by atoms with Crippen LogP contribution in [0.2, 0.25) is 0 Å². The van der Waals surface area contributed by atoms with E-state index in [2.05, 4.69) is 5.32 Å². The topological polar surface area (TPSA) is 206 Å². The van der Waals surface area contributed by atoms with Crippen molar-refractivity contribution < 1.29 is 49.1 Å². The zero-order chi connectivity index (χ0) is 33.7. The molecule has 0 radical (unpaired) electrons. The molecule has 7 N–H and O–H groups in total. The van der Waals surface area contributed by atoms with Gasteiger partial charge >= 0.3 is 5.97 Å². The minimum Gasteiger partial charge on any atom is -0.511 e. The number of nitrogens with two attached hydrogens (primary N) is 1. The van der Waals surface area contributed by atoms with E-state index >= 15 is 0 Å². The van der Waals surface area contributed by atoms with Crippen LogP contribution in [0.3, 0.4) is 0 Å². The van der Waals surface area contributed by atoms with Crippen LogP contribution >= 0.6 is 0 Å². The number of hydrogen-bond donors (Lipinski definition) is 6. The zero-order valence-electron chi connectivity index (χ0n) is 26.0. The van der Waals surface area contributed by atoms with Crippen molar-refractivity contribution in [2.45, 2.75) is 57.7 Å². The molecule has 4 atom stereocenters. The summed E-state index contributed by atoms with van der Waals surface area (Å²) in [5.74, 6) is -6.49. The predicted molar refractivity (Wildman–Crippen MR) is 165 cm³/mol. The number of nitrogens with one attached hydrogen (secondary N) is 1. The number of allylic oxidation sites excluding steroid dienone is 2. The predicted octanol–water partition coefficient (Wildman–Crippen LogP) is 2.93. The third-order valence-electron chi connectivity index (χ3n) is 9.24. The molecule has 0 aliphatic heterocycles. The van der Waals surface area contributed by atoms with Gasteiger partial charge in [-0.2, -0.15) is 0 Å². The Morgan fingerprint density at radius 3 is 2.41 bits per heavy atom. The quantitative estimate of drug-likeness (QED) is 0.175. The first-order valence-electron chi connectivity index (χ1n) is 15.0. The van der Waals surface area contributed by atoms with Crippen LogP contribution in [0.5, 0.6) is 11.5 Å². The van der Waals surface area contributed by atoms with E-state index in [4.69, 9.17) is 15.2 Å². The second kappa shape index (κ2) is 12.3. The number of ketones is 2. The summed E-state index contributed by atoms with van der Waals surface area (Å²) in [5.41, 5.74) is 3.99. The number of fused-ring (bicyclic) bond motifs is 3.